The Hall–Kier alpha value is -4.03. The molecule has 0 aromatic heterocycles. The third kappa shape index (κ3) is 5.91. The third-order valence-electron chi connectivity index (χ3n) is 5.30. The molecule has 0 bridgehead atoms. The van der Waals surface area contributed by atoms with Gasteiger partial charge in [-0.2, -0.15) is 5.10 Å². The number of hydrogen-bond acceptors (Lipinski definition) is 5. The van der Waals surface area contributed by atoms with Crippen LogP contribution in [0.1, 0.15) is 28.4 Å². The Morgan fingerprint density at radius 2 is 1.66 bits per heavy atom. The molecule has 0 radical (unpaired) electrons. The number of nitrogens with zero attached hydrogens (tertiary/aromatic N) is 1. The van der Waals surface area contributed by atoms with Crippen LogP contribution in [0, 0.1) is 0 Å². The predicted octanol–water partition coefficient (Wildman–Crippen LogP) is 6.24. The summed E-state index contributed by atoms with van der Waals surface area (Å²) in [7, 11) is 1.54. The second-order valence-corrected chi connectivity index (χ2v) is 8.03. The standard InChI is InChI=1S/C28H25ClN2O4/c1-3-34-27-14-19(12-13-25(27)35-18-22-10-6-7-11-24(22)29)17-30-31-28(32)23-15-20-8-4-5-9-21(20)16-26(23)33-2/h4-17H,3,18H2,1-2H3,(H,31,32)/b30-17-. The Morgan fingerprint density at radius 1 is 0.914 bits per heavy atom. The summed E-state index contributed by atoms with van der Waals surface area (Å²) in [5.41, 5.74) is 4.60. The number of carbonyl (C=O) groups is 1. The average molecular weight is 489 g/mol. The molecule has 35 heavy (non-hydrogen) atoms. The Morgan fingerprint density at radius 3 is 2.40 bits per heavy atom. The van der Waals surface area contributed by atoms with Gasteiger partial charge in [0.05, 0.1) is 25.5 Å². The Kier molecular flexibility index (Phi) is 7.85. The molecule has 4 rings (SSSR count). The van der Waals surface area contributed by atoms with Crippen LogP contribution in [0.5, 0.6) is 17.2 Å². The summed E-state index contributed by atoms with van der Waals surface area (Å²) in [5, 5.41) is 6.69. The number of nitrogens with one attached hydrogen (secondary N) is 1. The summed E-state index contributed by atoms with van der Waals surface area (Å²) in [6.45, 7) is 2.69. The maximum atomic E-state index is 12.8. The SMILES string of the molecule is CCOc1cc(/C=N\NC(=O)c2cc3ccccc3cc2OC)ccc1OCc1ccccc1Cl. The molecule has 0 atom stereocenters. The number of benzene rings is 4. The van der Waals surface area contributed by atoms with Gasteiger partial charge in [-0.05, 0) is 59.7 Å². The van der Waals surface area contributed by atoms with Crippen LogP contribution in [0.2, 0.25) is 5.02 Å². The van der Waals surface area contributed by atoms with E-state index in [1.54, 1.807) is 24.4 Å². The van der Waals surface area contributed by atoms with E-state index < -0.39 is 0 Å². The minimum absolute atomic E-state index is 0.316. The summed E-state index contributed by atoms with van der Waals surface area (Å²) in [4.78, 5) is 12.8. The van der Waals surface area contributed by atoms with Crippen molar-refractivity contribution in [2.75, 3.05) is 13.7 Å². The van der Waals surface area contributed by atoms with Crippen LogP contribution in [0.25, 0.3) is 10.8 Å². The van der Waals surface area contributed by atoms with E-state index in [4.69, 9.17) is 25.8 Å². The molecule has 1 amide bonds. The lowest BCUT2D eigenvalue weighted by Crippen LogP contribution is -2.18. The highest BCUT2D eigenvalue weighted by Crippen LogP contribution is 2.30. The number of ether oxygens (including phenoxy) is 3. The van der Waals surface area contributed by atoms with E-state index in [-0.39, 0.29) is 5.91 Å². The van der Waals surface area contributed by atoms with Crippen molar-refractivity contribution in [2.45, 2.75) is 13.5 Å². The molecule has 0 spiro atoms. The number of amides is 1. The largest absolute Gasteiger partial charge is 0.496 e. The van der Waals surface area contributed by atoms with Gasteiger partial charge in [0.2, 0.25) is 0 Å². The van der Waals surface area contributed by atoms with Crippen LogP contribution in [-0.2, 0) is 6.61 Å². The number of methoxy groups -OCH3 is 1. The smallest absolute Gasteiger partial charge is 0.275 e. The van der Waals surface area contributed by atoms with Gasteiger partial charge in [0.1, 0.15) is 12.4 Å². The normalized spacial score (nSPS) is 10.9. The van der Waals surface area contributed by atoms with Crippen molar-refractivity contribution in [3.63, 3.8) is 0 Å². The van der Waals surface area contributed by atoms with Gasteiger partial charge in [-0.25, -0.2) is 5.43 Å². The van der Waals surface area contributed by atoms with Crippen molar-refractivity contribution < 1.29 is 19.0 Å². The Balaban J connectivity index is 1.47. The molecular weight excluding hydrogens is 464 g/mol. The molecule has 0 unspecified atom stereocenters. The third-order valence-corrected chi connectivity index (χ3v) is 5.67. The van der Waals surface area contributed by atoms with Crippen LogP contribution >= 0.6 is 11.6 Å². The van der Waals surface area contributed by atoms with Gasteiger partial charge >= 0.3 is 0 Å². The fraction of sp³-hybridized carbons (Fsp3) is 0.143. The van der Waals surface area contributed by atoms with E-state index in [0.29, 0.717) is 41.0 Å². The predicted molar refractivity (Wildman–Crippen MR) is 139 cm³/mol. The van der Waals surface area contributed by atoms with Crippen LogP contribution < -0.4 is 19.6 Å². The maximum Gasteiger partial charge on any atom is 0.275 e. The highest BCUT2D eigenvalue weighted by atomic mass is 35.5. The molecule has 0 saturated heterocycles. The second kappa shape index (κ2) is 11.4. The summed E-state index contributed by atoms with van der Waals surface area (Å²) < 4.78 is 17.1. The Labute approximate surface area is 209 Å². The van der Waals surface area contributed by atoms with Crippen molar-refractivity contribution in [1.29, 1.82) is 0 Å². The first kappa shape index (κ1) is 24.1. The molecule has 6 nitrogen and oxygen atoms in total. The fourth-order valence-electron chi connectivity index (χ4n) is 3.55. The van der Waals surface area contributed by atoms with Crippen molar-refractivity contribution in [1.82, 2.24) is 5.43 Å². The number of halogens is 1. The second-order valence-electron chi connectivity index (χ2n) is 7.62. The molecule has 0 heterocycles. The van der Waals surface area contributed by atoms with Crippen LogP contribution in [-0.4, -0.2) is 25.8 Å². The first-order chi connectivity index (χ1) is 17.1. The lowest BCUT2D eigenvalue weighted by molar-refractivity contribution is 0.0952. The minimum Gasteiger partial charge on any atom is -0.496 e. The van der Waals surface area contributed by atoms with Gasteiger partial charge in [-0.15, -0.1) is 0 Å². The van der Waals surface area contributed by atoms with Crippen molar-refractivity contribution in [3.8, 4) is 17.2 Å². The molecule has 7 heteroatoms. The zero-order valence-corrected chi connectivity index (χ0v) is 20.2. The van der Waals surface area contributed by atoms with Crippen LogP contribution in [0.4, 0.5) is 0 Å². The number of rotatable bonds is 9. The maximum absolute atomic E-state index is 12.8. The topological polar surface area (TPSA) is 69.2 Å². The summed E-state index contributed by atoms with van der Waals surface area (Å²) >= 11 is 6.22. The molecule has 1 N–H and O–H groups in total. The molecular formula is C28H25ClN2O4. The molecule has 0 aliphatic carbocycles. The zero-order valence-electron chi connectivity index (χ0n) is 19.5. The van der Waals surface area contributed by atoms with E-state index >= 15 is 0 Å². The number of hydrogen-bond donors (Lipinski definition) is 1. The van der Waals surface area contributed by atoms with E-state index in [0.717, 1.165) is 21.9 Å². The van der Waals surface area contributed by atoms with Gasteiger partial charge in [-0.1, -0.05) is 54.1 Å². The fourth-order valence-corrected chi connectivity index (χ4v) is 3.75. The van der Waals surface area contributed by atoms with E-state index in [1.165, 1.54) is 7.11 Å². The summed E-state index contributed by atoms with van der Waals surface area (Å²) in [5.74, 6) is 1.28. The quantitative estimate of drug-likeness (QED) is 0.223. The Bertz CT molecular complexity index is 1370. The van der Waals surface area contributed by atoms with Crippen molar-refractivity contribution in [3.05, 3.63) is 101 Å². The summed E-state index contributed by atoms with van der Waals surface area (Å²) in [6.07, 6.45) is 1.55. The van der Waals surface area contributed by atoms with Gasteiger partial charge in [0, 0.05) is 10.6 Å². The molecule has 4 aromatic carbocycles. The average Bonchev–Trinajstić information content (AvgIpc) is 2.88. The summed E-state index contributed by atoms with van der Waals surface area (Å²) in [6, 6.07) is 24.4. The molecule has 0 aliphatic rings. The monoisotopic (exact) mass is 488 g/mol. The highest BCUT2D eigenvalue weighted by molar-refractivity contribution is 6.31. The number of carbonyl (C=O) groups excluding carboxylic acids is 1. The van der Waals surface area contributed by atoms with Crippen LogP contribution in [0.3, 0.4) is 0 Å². The zero-order chi connectivity index (χ0) is 24.6. The highest BCUT2D eigenvalue weighted by Gasteiger charge is 2.13. The van der Waals surface area contributed by atoms with Gasteiger partial charge in [0.15, 0.2) is 11.5 Å². The van der Waals surface area contributed by atoms with E-state index in [1.807, 2.05) is 67.6 Å². The molecule has 0 aliphatic heterocycles. The lowest BCUT2D eigenvalue weighted by Gasteiger charge is -2.13. The molecule has 178 valence electrons. The lowest BCUT2D eigenvalue weighted by atomic mass is 10.1. The van der Waals surface area contributed by atoms with Crippen molar-refractivity contribution in [2.24, 2.45) is 5.10 Å². The minimum atomic E-state index is -0.367. The van der Waals surface area contributed by atoms with Crippen LogP contribution in [0.15, 0.2) is 84.0 Å². The first-order valence-corrected chi connectivity index (χ1v) is 11.5. The molecule has 4 aromatic rings. The van der Waals surface area contributed by atoms with Crippen molar-refractivity contribution >= 4 is 34.5 Å². The van der Waals surface area contributed by atoms with Gasteiger partial charge < -0.3 is 14.2 Å². The number of fused-ring (bicyclic) bond motifs is 1. The van der Waals surface area contributed by atoms with Gasteiger partial charge in [-0.3, -0.25) is 4.79 Å². The van der Waals surface area contributed by atoms with Gasteiger partial charge in [0.25, 0.3) is 5.91 Å². The molecule has 0 fully saturated rings. The first-order valence-electron chi connectivity index (χ1n) is 11.1. The molecule has 0 saturated carbocycles. The van der Waals surface area contributed by atoms with E-state index in [9.17, 15) is 4.79 Å². The number of hydrazone groups is 1. The van der Waals surface area contributed by atoms with E-state index in [2.05, 4.69) is 10.5 Å².